The Labute approximate surface area is 219 Å². The normalized spacial score (nSPS) is 14.6. The fraction of sp³-hybridized carbons (Fsp3) is 0.200. The number of carbonyl (C=O) groups is 2. The highest BCUT2D eigenvalue weighted by atomic mass is 32.2. The van der Waals surface area contributed by atoms with Crippen molar-refractivity contribution in [2.45, 2.75) is 13.8 Å². The van der Waals surface area contributed by atoms with Gasteiger partial charge in [-0.15, -0.1) is 0 Å². The molecule has 1 aliphatic heterocycles. The number of carbonyl (C=O) groups excluding carboxylic acids is 2. The van der Waals surface area contributed by atoms with Crippen LogP contribution < -0.4 is 14.2 Å². The summed E-state index contributed by atoms with van der Waals surface area (Å²) in [6.45, 7) is 5.23. The van der Waals surface area contributed by atoms with Crippen molar-refractivity contribution in [2.75, 3.05) is 26.4 Å². The van der Waals surface area contributed by atoms with E-state index in [0.29, 0.717) is 23.9 Å². The molecule has 1 aliphatic rings. The summed E-state index contributed by atoms with van der Waals surface area (Å²) in [7, 11) is 0. The second-order valence-corrected chi connectivity index (χ2v) is 9.38. The third kappa shape index (κ3) is 5.13. The maximum absolute atomic E-state index is 13.2. The van der Waals surface area contributed by atoms with E-state index < -0.39 is 0 Å². The number of benzene rings is 4. The van der Waals surface area contributed by atoms with Crippen LogP contribution in [0.25, 0.3) is 27.6 Å². The monoisotopic (exact) mass is 513 g/mol. The molecule has 1 saturated heterocycles. The molecule has 0 saturated carbocycles. The standard InChI is InChI=1S/C30H27NO5S/c1-3-34-22-14-12-21-13-15-27(35-4-2)25(24(21)18-22)19-28-29(32)31(30(33)37-28)16-17-36-26-11-7-9-20-8-5-6-10-23(20)26/h5-15,18-19H,3-4,16-17H2,1-2H3/b28-19-. The molecule has 0 N–H and O–H groups in total. The van der Waals surface area contributed by atoms with E-state index in [1.807, 2.05) is 86.6 Å². The molecule has 4 aromatic rings. The van der Waals surface area contributed by atoms with Crippen molar-refractivity contribution in [3.8, 4) is 17.2 Å². The van der Waals surface area contributed by atoms with Gasteiger partial charge in [0.1, 0.15) is 23.9 Å². The van der Waals surface area contributed by atoms with Crippen molar-refractivity contribution >= 4 is 50.5 Å². The Morgan fingerprint density at radius 2 is 1.54 bits per heavy atom. The van der Waals surface area contributed by atoms with E-state index in [9.17, 15) is 9.59 Å². The molecule has 0 bridgehead atoms. The van der Waals surface area contributed by atoms with Crippen molar-refractivity contribution < 1.29 is 23.8 Å². The van der Waals surface area contributed by atoms with Gasteiger partial charge in [0.05, 0.1) is 24.7 Å². The minimum absolute atomic E-state index is 0.160. The van der Waals surface area contributed by atoms with Crippen molar-refractivity contribution in [1.29, 1.82) is 0 Å². The van der Waals surface area contributed by atoms with Gasteiger partial charge in [0.15, 0.2) is 0 Å². The maximum Gasteiger partial charge on any atom is 0.293 e. The highest BCUT2D eigenvalue weighted by molar-refractivity contribution is 8.18. The molecule has 0 aliphatic carbocycles. The molecule has 188 valence electrons. The molecule has 6 nitrogen and oxygen atoms in total. The van der Waals surface area contributed by atoms with Crippen LogP contribution in [0.15, 0.2) is 77.7 Å². The summed E-state index contributed by atoms with van der Waals surface area (Å²) < 4.78 is 17.5. The quantitative estimate of drug-likeness (QED) is 0.227. The first-order valence-corrected chi connectivity index (χ1v) is 13.1. The lowest BCUT2D eigenvalue weighted by molar-refractivity contribution is -0.123. The molecule has 1 fully saturated rings. The van der Waals surface area contributed by atoms with E-state index >= 15 is 0 Å². The zero-order valence-corrected chi connectivity index (χ0v) is 21.5. The molecule has 37 heavy (non-hydrogen) atoms. The maximum atomic E-state index is 13.2. The number of hydrogen-bond donors (Lipinski definition) is 0. The fourth-order valence-electron chi connectivity index (χ4n) is 4.38. The minimum Gasteiger partial charge on any atom is -0.494 e. The van der Waals surface area contributed by atoms with E-state index in [2.05, 4.69) is 0 Å². The van der Waals surface area contributed by atoms with Gasteiger partial charge in [-0.05, 0) is 72.1 Å². The van der Waals surface area contributed by atoms with Gasteiger partial charge in [-0.25, -0.2) is 0 Å². The van der Waals surface area contributed by atoms with E-state index in [-0.39, 0.29) is 24.3 Å². The lowest BCUT2D eigenvalue weighted by Gasteiger charge is -2.14. The van der Waals surface area contributed by atoms with Gasteiger partial charge in [0, 0.05) is 10.9 Å². The zero-order valence-electron chi connectivity index (χ0n) is 20.7. The Bertz CT molecular complexity index is 1500. The van der Waals surface area contributed by atoms with Crippen LogP contribution in [-0.4, -0.2) is 42.4 Å². The van der Waals surface area contributed by atoms with Gasteiger partial charge in [0.2, 0.25) is 0 Å². The molecule has 0 unspecified atom stereocenters. The van der Waals surface area contributed by atoms with E-state index in [0.717, 1.165) is 50.4 Å². The Hall–Kier alpha value is -3.97. The Morgan fingerprint density at radius 3 is 2.38 bits per heavy atom. The predicted octanol–water partition coefficient (Wildman–Crippen LogP) is 6.91. The molecule has 0 spiro atoms. The first-order valence-electron chi connectivity index (χ1n) is 12.3. The number of imide groups is 1. The summed E-state index contributed by atoms with van der Waals surface area (Å²) in [6, 6.07) is 23.5. The summed E-state index contributed by atoms with van der Waals surface area (Å²) in [4.78, 5) is 27.6. The average Bonchev–Trinajstić information content (AvgIpc) is 3.18. The van der Waals surface area contributed by atoms with Crippen LogP contribution in [0.4, 0.5) is 4.79 Å². The van der Waals surface area contributed by atoms with Crippen molar-refractivity contribution in [3.05, 3.63) is 83.3 Å². The van der Waals surface area contributed by atoms with Crippen LogP contribution in [0, 0.1) is 0 Å². The van der Waals surface area contributed by atoms with Crippen LogP contribution in [0.1, 0.15) is 19.4 Å². The van der Waals surface area contributed by atoms with Gasteiger partial charge >= 0.3 is 0 Å². The molecule has 0 atom stereocenters. The molecule has 5 rings (SSSR count). The molecule has 4 aromatic carbocycles. The first-order chi connectivity index (χ1) is 18.1. The summed E-state index contributed by atoms with van der Waals surface area (Å²) in [5, 5.41) is 3.63. The Kier molecular flexibility index (Phi) is 7.32. The SMILES string of the molecule is CCOc1ccc2ccc(OCC)c(/C=C3\SC(=O)N(CCOc4cccc5ccccc45)C3=O)c2c1. The van der Waals surface area contributed by atoms with Crippen LogP contribution in [-0.2, 0) is 4.79 Å². The smallest absolute Gasteiger partial charge is 0.293 e. The van der Waals surface area contributed by atoms with Crippen LogP contribution >= 0.6 is 11.8 Å². The van der Waals surface area contributed by atoms with Crippen LogP contribution in [0.2, 0.25) is 0 Å². The van der Waals surface area contributed by atoms with E-state index in [1.165, 1.54) is 4.90 Å². The number of rotatable bonds is 9. The molecule has 0 aromatic heterocycles. The highest BCUT2D eigenvalue weighted by Gasteiger charge is 2.35. The van der Waals surface area contributed by atoms with Crippen LogP contribution in [0.5, 0.6) is 17.2 Å². The lowest BCUT2D eigenvalue weighted by Crippen LogP contribution is -2.32. The third-order valence-corrected chi connectivity index (χ3v) is 6.98. The first kappa shape index (κ1) is 24.7. The van der Waals surface area contributed by atoms with Gasteiger partial charge < -0.3 is 14.2 Å². The second kappa shape index (κ2) is 11.0. The number of hydrogen-bond acceptors (Lipinski definition) is 6. The zero-order chi connectivity index (χ0) is 25.8. The summed E-state index contributed by atoms with van der Waals surface area (Å²) in [6.07, 6.45) is 1.75. The van der Waals surface area contributed by atoms with Crippen LogP contribution in [0.3, 0.4) is 0 Å². The predicted molar refractivity (Wildman–Crippen MR) is 148 cm³/mol. The minimum atomic E-state index is -0.336. The Morgan fingerprint density at radius 1 is 0.784 bits per heavy atom. The number of thioether (sulfide) groups is 1. The molecule has 2 amide bonds. The number of ether oxygens (including phenoxy) is 3. The van der Waals surface area contributed by atoms with E-state index in [1.54, 1.807) is 6.08 Å². The molecule has 7 heteroatoms. The molecule has 1 heterocycles. The molecular weight excluding hydrogens is 486 g/mol. The van der Waals surface area contributed by atoms with E-state index in [4.69, 9.17) is 14.2 Å². The largest absolute Gasteiger partial charge is 0.494 e. The van der Waals surface area contributed by atoms with Gasteiger partial charge in [-0.3, -0.25) is 14.5 Å². The second-order valence-electron chi connectivity index (χ2n) is 8.39. The molecule has 0 radical (unpaired) electrons. The lowest BCUT2D eigenvalue weighted by atomic mass is 10.0. The van der Waals surface area contributed by atoms with Gasteiger partial charge in [-0.1, -0.05) is 48.5 Å². The highest BCUT2D eigenvalue weighted by Crippen LogP contribution is 2.38. The fourth-order valence-corrected chi connectivity index (χ4v) is 5.23. The summed E-state index contributed by atoms with van der Waals surface area (Å²) in [5.41, 5.74) is 0.749. The van der Waals surface area contributed by atoms with Crippen molar-refractivity contribution in [1.82, 2.24) is 4.90 Å². The van der Waals surface area contributed by atoms with Crippen molar-refractivity contribution in [2.24, 2.45) is 0 Å². The summed E-state index contributed by atoms with van der Waals surface area (Å²) in [5.74, 6) is 1.77. The number of nitrogens with zero attached hydrogens (tertiary/aromatic N) is 1. The number of fused-ring (bicyclic) bond motifs is 2. The number of amides is 2. The summed E-state index contributed by atoms with van der Waals surface area (Å²) >= 11 is 0.931. The topological polar surface area (TPSA) is 65.1 Å². The van der Waals surface area contributed by atoms with Gasteiger partial charge in [0.25, 0.3) is 11.1 Å². The van der Waals surface area contributed by atoms with Gasteiger partial charge in [-0.2, -0.15) is 0 Å². The average molecular weight is 514 g/mol. The van der Waals surface area contributed by atoms with Crippen molar-refractivity contribution in [3.63, 3.8) is 0 Å². The molecular formula is C30H27NO5S. The third-order valence-electron chi connectivity index (χ3n) is 6.08. The Balaban J connectivity index is 1.39.